The number of nitrogens with zero attached hydrogens (tertiary/aromatic N) is 3. The first-order valence-electron chi connectivity index (χ1n) is 8.71. The van der Waals surface area contributed by atoms with E-state index in [1.807, 2.05) is 30.3 Å². The highest BCUT2D eigenvalue weighted by atomic mass is 16.4. The largest absolute Gasteiger partial charge is 0.503 e. The van der Waals surface area contributed by atoms with Gasteiger partial charge in [-0.3, -0.25) is 9.69 Å². The lowest BCUT2D eigenvalue weighted by Gasteiger charge is -2.30. The summed E-state index contributed by atoms with van der Waals surface area (Å²) in [6.45, 7) is 2.43. The highest BCUT2D eigenvalue weighted by Gasteiger charge is 2.25. The number of benzene rings is 1. The number of aromatic hydroxyl groups is 1. The molecule has 7 nitrogen and oxygen atoms in total. The fraction of sp³-hybridized carbons (Fsp3) is 0.316. The molecule has 7 heteroatoms. The average Bonchev–Trinajstić information content (AvgIpc) is 3.16. The van der Waals surface area contributed by atoms with Crippen molar-refractivity contribution in [1.82, 2.24) is 20.1 Å². The van der Waals surface area contributed by atoms with Crippen LogP contribution in [0.4, 0.5) is 0 Å². The summed E-state index contributed by atoms with van der Waals surface area (Å²) in [4.78, 5) is 16.7. The van der Waals surface area contributed by atoms with Crippen molar-refractivity contribution in [2.45, 2.75) is 25.3 Å². The summed E-state index contributed by atoms with van der Waals surface area (Å²) in [7, 11) is 0. The number of likely N-dealkylation sites (tertiary alicyclic amines) is 1. The second-order valence-electron chi connectivity index (χ2n) is 6.57. The summed E-state index contributed by atoms with van der Waals surface area (Å²) < 4.78 is 5.88. The number of pyridine rings is 1. The number of aromatic nitrogens is 3. The molecule has 0 unspecified atom stereocenters. The number of rotatable bonds is 4. The van der Waals surface area contributed by atoms with Crippen LogP contribution in [0.5, 0.6) is 5.75 Å². The van der Waals surface area contributed by atoms with Gasteiger partial charge < -0.3 is 14.5 Å². The minimum atomic E-state index is -0.354. The van der Waals surface area contributed by atoms with E-state index in [9.17, 15) is 9.90 Å². The van der Waals surface area contributed by atoms with Crippen molar-refractivity contribution in [2.75, 3.05) is 13.1 Å². The van der Waals surface area contributed by atoms with Gasteiger partial charge in [0.15, 0.2) is 5.75 Å². The van der Waals surface area contributed by atoms with Gasteiger partial charge in [-0.25, -0.2) is 0 Å². The zero-order valence-corrected chi connectivity index (χ0v) is 14.3. The van der Waals surface area contributed by atoms with Crippen LogP contribution in [0.1, 0.15) is 30.3 Å². The minimum absolute atomic E-state index is 0.252. The Morgan fingerprint density at radius 2 is 1.96 bits per heavy atom. The lowest BCUT2D eigenvalue weighted by molar-refractivity contribution is 0.191. The first kappa shape index (κ1) is 16.5. The fourth-order valence-electron chi connectivity index (χ4n) is 3.27. The molecule has 2 aromatic heterocycles. The third-order valence-electron chi connectivity index (χ3n) is 4.74. The van der Waals surface area contributed by atoms with E-state index in [0.717, 1.165) is 37.2 Å². The van der Waals surface area contributed by atoms with Crippen LogP contribution < -0.4 is 5.43 Å². The van der Waals surface area contributed by atoms with Gasteiger partial charge in [0, 0.05) is 36.0 Å². The van der Waals surface area contributed by atoms with E-state index in [2.05, 4.69) is 20.1 Å². The Balaban J connectivity index is 1.37. The van der Waals surface area contributed by atoms with Gasteiger partial charge in [-0.1, -0.05) is 18.2 Å². The molecule has 0 spiro atoms. The molecule has 0 atom stereocenters. The van der Waals surface area contributed by atoms with E-state index in [1.54, 1.807) is 0 Å². The molecule has 1 aliphatic rings. The zero-order valence-electron chi connectivity index (χ0n) is 14.3. The van der Waals surface area contributed by atoms with Crippen LogP contribution in [-0.4, -0.2) is 38.3 Å². The van der Waals surface area contributed by atoms with E-state index in [1.165, 1.54) is 12.3 Å². The van der Waals surface area contributed by atoms with Crippen molar-refractivity contribution in [3.63, 3.8) is 0 Å². The SMILES string of the molecule is O=c1cc(CN2CCC(c3nnc(-c4ccccc4)o3)CC2)[nH]cc1O. The van der Waals surface area contributed by atoms with Gasteiger partial charge >= 0.3 is 0 Å². The maximum atomic E-state index is 11.5. The molecule has 0 amide bonds. The predicted octanol–water partition coefficient (Wildman–Crippen LogP) is 2.51. The van der Waals surface area contributed by atoms with Crippen molar-refractivity contribution < 1.29 is 9.52 Å². The van der Waals surface area contributed by atoms with Crippen LogP contribution in [0.2, 0.25) is 0 Å². The molecular weight excluding hydrogens is 332 g/mol. The molecule has 4 rings (SSSR count). The van der Waals surface area contributed by atoms with Gasteiger partial charge in [-0.05, 0) is 38.1 Å². The van der Waals surface area contributed by atoms with Crippen LogP contribution in [0, 0.1) is 0 Å². The molecule has 0 bridgehead atoms. The number of aromatic amines is 1. The van der Waals surface area contributed by atoms with E-state index in [-0.39, 0.29) is 17.1 Å². The van der Waals surface area contributed by atoms with Crippen LogP contribution in [0.3, 0.4) is 0 Å². The van der Waals surface area contributed by atoms with Crippen LogP contribution in [-0.2, 0) is 6.54 Å². The molecule has 1 aliphatic heterocycles. The Morgan fingerprint density at radius 3 is 2.69 bits per heavy atom. The molecule has 1 fully saturated rings. The smallest absolute Gasteiger partial charge is 0.247 e. The Bertz CT molecular complexity index is 927. The van der Waals surface area contributed by atoms with Crippen LogP contribution in [0.15, 0.2) is 51.8 Å². The molecule has 1 aromatic carbocycles. The summed E-state index contributed by atoms with van der Waals surface area (Å²) in [5, 5.41) is 17.7. The number of hydrogen-bond acceptors (Lipinski definition) is 6. The van der Waals surface area contributed by atoms with Gasteiger partial charge in [0.05, 0.1) is 0 Å². The molecule has 26 heavy (non-hydrogen) atoms. The van der Waals surface area contributed by atoms with E-state index >= 15 is 0 Å². The topological polar surface area (TPSA) is 95.3 Å². The second-order valence-corrected chi connectivity index (χ2v) is 6.57. The van der Waals surface area contributed by atoms with Crippen molar-refractivity contribution >= 4 is 0 Å². The number of hydrogen-bond donors (Lipinski definition) is 2. The maximum Gasteiger partial charge on any atom is 0.247 e. The van der Waals surface area contributed by atoms with E-state index in [0.29, 0.717) is 18.3 Å². The van der Waals surface area contributed by atoms with Crippen molar-refractivity contribution in [1.29, 1.82) is 0 Å². The highest BCUT2D eigenvalue weighted by Crippen LogP contribution is 2.29. The second kappa shape index (κ2) is 7.13. The predicted molar refractivity (Wildman–Crippen MR) is 95.7 cm³/mol. The normalized spacial score (nSPS) is 16.0. The molecule has 0 saturated carbocycles. The average molecular weight is 352 g/mol. The summed E-state index contributed by atoms with van der Waals surface area (Å²) in [5.74, 6) is 1.26. The van der Waals surface area contributed by atoms with Gasteiger partial charge in [0.1, 0.15) is 0 Å². The standard InChI is InChI=1S/C19H20N4O3/c24-16-10-15(20-11-17(16)25)12-23-8-6-14(7-9-23)19-22-21-18(26-19)13-4-2-1-3-5-13/h1-5,10-11,14,25H,6-9,12H2,(H,20,24). The molecule has 0 radical (unpaired) electrons. The third kappa shape index (κ3) is 3.52. The van der Waals surface area contributed by atoms with Crippen LogP contribution >= 0.6 is 0 Å². The molecule has 3 heterocycles. The minimum Gasteiger partial charge on any atom is -0.503 e. The van der Waals surface area contributed by atoms with Crippen molar-refractivity contribution in [3.8, 4) is 17.2 Å². The summed E-state index contributed by atoms with van der Waals surface area (Å²) in [6, 6.07) is 11.2. The molecule has 3 aromatic rings. The van der Waals surface area contributed by atoms with Crippen LogP contribution in [0.25, 0.3) is 11.5 Å². The summed E-state index contributed by atoms with van der Waals surface area (Å²) in [5.41, 5.74) is 1.38. The molecular formula is C19H20N4O3. The number of H-pyrrole nitrogens is 1. The Kier molecular flexibility index (Phi) is 4.53. The first-order chi connectivity index (χ1) is 12.7. The number of piperidine rings is 1. The third-order valence-corrected chi connectivity index (χ3v) is 4.74. The first-order valence-corrected chi connectivity index (χ1v) is 8.71. The van der Waals surface area contributed by atoms with Crippen molar-refractivity contribution in [3.05, 3.63) is 64.4 Å². The fourth-order valence-corrected chi connectivity index (χ4v) is 3.27. The van der Waals surface area contributed by atoms with E-state index < -0.39 is 0 Å². The Morgan fingerprint density at radius 1 is 1.19 bits per heavy atom. The van der Waals surface area contributed by atoms with Crippen molar-refractivity contribution in [2.24, 2.45) is 0 Å². The lowest BCUT2D eigenvalue weighted by Crippen LogP contribution is -2.33. The lowest BCUT2D eigenvalue weighted by atomic mass is 9.97. The molecule has 0 aliphatic carbocycles. The molecule has 2 N–H and O–H groups in total. The van der Waals surface area contributed by atoms with Gasteiger partial charge in [-0.15, -0.1) is 10.2 Å². The quantitative estimate of drug-likeness (QED) is 0.749. The monoisotopic (exact) mass is 352 g/mol. The molecule has 1 saturated heterocycles. The highest BCUT2D eigenvalue weighted by molar-refractivity contribution is 5.51. The Hall–Kier alpha value is -2.93. The zero-order chi connectivity index (χ0) is 17.9. The van der Waals surface area contributed by atoms with E-state index in [4.69, 9.17) is 4.42 Å². The summed E-state index contributed by atoms with van der Waals surface area (Å²) >= 11 is 0. The summed E-state index contributed by atoms with van der Waals surface area (Å²) in [6.07, 6.45) is 3.20. The maximum absolute atomic E-state index is 11.5. The van der Waals surface area contributed by atoms with Gasteiger partial charge in [0.25, 0.3) is 0 Å². The number of nitrogens with one attached hydrogen (secondary N) is 1. The van der Waals surface area contributed by atoms with Gasteiger partial charge in [0.2, 0.25) is 17.2 Å². The van der Waals surface area contributed by atoms with Gasteiger partial charge in [-0.2, -0.15) is 0 Å². The molecule has 134 valence electrons. The Labute approximate surface area is 150 Å².